The molecule has 8 nitrogen and oxygen atoms in total. The van der Waals surface area contributed by atoms with Crippen molar-refractivity contribution in [3.05, 3.63) is 59.7 Å². The fraction of sp³-hybridized carbons (Fsp3) is 0.462. The van der Waals surface area contributed by atoms with Crippen LogP contribution in [0.3, 0.4) is 0 Å². The number of hydrogen-bond acceptors (Lipinski definition) is 6. The van der Waals surface area contributed by atoms with Crippen LogP contribution in [0.4, 0.5) is 11.4 Å². The number of rotatable bonds is 16. The summed E-state index contributed by atoms with van der Waals surface area (Å²) in [5.74, 6) is 0.140. The zero-order chi connectivity index (χ0) is 28.5. The number of anilines is 2. The number of alkyl halides is 4. The molecule has 0 saturated carbocycles. The van der Waals surface area contributed by atoms with E-state index in [0.717, 1.165) is 48.7 Å². The van der Waals surface area contributed by atoms with E-state index in [-0.39, 0.29) is 0 Å². The molecule has 212 valence electrons. The Bertz CT molecular complexity index is 862. The largest absolute Gasteiger partial charge is 0.480 e. The smallest absolute Gasteiger partial charge is 0.320 e. The third kappa shape index (κ3) is 12.7. The number of benzene rings is 2. The van der Waals surface area contributed by atoms with Gasteiger partial charge in [0.2, 0.25) is 0 Å². The molecule has 6 N–H and O–H groups in total. The van der Waals surface area contributed by atoms with E-state index < -0.39 is 24.0 Å². The Kier molecular flexibility index (Phi) is 17.2. The van der Waals surface area contributed by atoms with E-state index in [1.54, 1.807) is 0 Å². The molecule has 0 aromatic heterocycles. The number of halogens is 4. The highest BCUT2D eigenvalue weighted by Gasteiger charge is 2.13. The number of aliphatic carboxylic acids is 2. The van der Waals surface area contributed by atoms with Crippen LogP contribution in [0.5, 0.6) is 0 Å². The van der Waals surface area contributed by atoms with Crippen LogP contribution in [0.1, 0.15) is 11.1 Å². The summed E-state index contributed by atoms with van der Waals surface area (Å²) >= 11 is 23.0. The first-order chi connectivity index (χ1) is 18.2. The predicted octanol–water partition coefficient (Wildman–Crippen LogP) is 3.85. The van der Waals surface area contributed by atoms with Gasteiger partial charge >= 0.3 is 11.9 Å². The molecule has 38 heavy (non-hydrogen) atoms. The average molecular weight is 610 g/mol. The lowest BCUT2D eigenvalue weighted by Crippen LogP contribution is -2.32. The SMILES string of the molecule is N[C@@H](Cc1ccc(N(CCCl)CCCl)cc1)C(=O)O.N[C@@H](Cc1ccc(N(CCCl)CCCl)cc1)C(=O)O. The first kappa shape index (κ1) is 34.1. The van der Waals surface area contributed by atoms with Gasteiger partial charge < -0.3 is 31.5 Å². The molecule has 0 radical (unpaired) electrons. The molecular weight excluding hydrogens is 574 g/mol. The van der Waals surface area contributed by atoms with Gasteiger partial charge in [-0.05, 0) is 48.2 Å². The number of hydrogen-bond donors (Lipinski definition) is 4. The fourth-order valence-corrected chi connectivity index (χ4v) is 4.33. The van der Waals surface area contributed by atoms with Crippen LogP contribution in [0.15, 0.2) is 48.5 Å². The standard InChI is InChI=1S/2C13H18Cl2N2O2/c2*14-5-7-17(8-6-15)11-3-1-10(2-4-11)9-12(16)13(18)19/h2*1-4,12H,5-9,16H2,(H,18,19)/t2*12-/m00/s1. The molecule has 0 amide bonds. The molecule has 0 aliphatic heterocycles. The first-order valence-electron chi connectivity index (χ1n) is 12.0. The van der Waals surface area contributed by atoms with Crippen LogP contribution in [-0.4, -0.2) is 83.9 Å². The second-order valence-electron chi connectivity index (χ2n) is 8.36. The van der Waals surface area contributed by atoms with Crippen LogP contribution >= 0.6 is 46.4 Å². The maximum atomic E-state index is 10.7. The minimum atomic E-state index is -0.991. The molecule has 2 rings (SSSR count). The van der Waals surface area contributed by atoms with Gasteiger partial charge in [-0.2, -0.15) is 0 Å². The van der Waals surface area contributed by atoms with Gasteiger partial charge in [0, 0.05) is 61.1 Å². The molecule has 0 saturated heterocycles. The van der Waals surface area contributed by atoms with E-state index in [0.29, 0.717) is 36.4 Å². The first-order valence-corrected chi connectivity index (χ1v) is 14.2. The van der Waals surface area contributed by atoms with Crippen LogP contribution in [0.25, 0.3) is 0 Å². The van der Waals surface area contributed by atoms with Crippen molar-refractivity contribution in [2.45, 2.75) is 24.9 Å². The predicted molar refractivity (Wildman–Crippen MR) is 159 cm³/mol. The molecule has 2 atom stereocenters. The molecule has 12 heteroatoms. The van der Waals surface area contributed by atoms with E-state index in [1.165, 1.54) is 0 Å². The fourth-order valence-electron chi connectivity index (χ4n) is 3.52. The molecule has 0 spiro atoms. The van der Waals surface area contributed by atoms with Gasteiger partial charge in [-0.25, -0.2) is 0 Å². The lowest BCUT2D eigenvalue weighted by Gasteiger charge is -2.23. The van der Waals surface area contributed by atoms with Crippen molar-refractivity contribution in [2.24, 2.45) is 11.5 Å². The topological polar surface area (TPSA) is 133 Å². The number of carboxylic acids is 2. The quantitative estimate of drug-likeness (QED) is 0.211. The van der Waals surface area contributed by atoms with Gasteiger partial charge in [-0.15, -0.1) is 46.4 Å². The molecule has 0 fully saturated rings. The van der Waals surface area contributed by atoms with Gasteiger partial charge in [0.1, 0.15) is 12.1 Å². The summed E-state index contributed by atoms with van der Waals surface area (Å²) in [6.07, 6.45) is 0.640. The van der Waals surface area contributed by atoms with E-state index in [1.807, 2.05) is 48.5 Å². The van der Waals surface area contributed by atoms with Crippen molar-refractivity contribution < 1.29 is 19.8 Å². The Hall–Kier alpha value is -1.94. The van der Waals surface area contributed by atoms with Crippen LogP contribution in [-0.2, 0) is 22.4 Å². The molecule has 0 aliphatic rings. The van der Waals surface area contributed by atoms with E-state index in [9.17, 15) is 9.59 Å². The average Bonchev–Trinajstić information content (AvgIpc) is 2.89. The van der Waals surface area contributed by atoms with Crippen LogP contribution < -0.4 is 21.3 Å². The molecule has 0 aliphatic carbocycles. The van der Waals surface area contributed by atoms with E-state index in [4.69, 9.17) is 68.1 Å². The lowest BCUT2D eigenvalue weighted by atomic mass is 10.1. The molecule has 0 heterocycles. The van der Waals surface area contributed by atoms with Crippen molar-refractivity contribution in [2.75, 3.05) is 59.5 Å². The van der Waals surface area contributed by atoms with Crippen molar-refractivity contribution in [1.29, 1.82) is 0 Å². The summed E-state index contributed by atoms with van der Waals surface area (Å²) in [6, 6.07) is 13.5. The van der Waals surface area contributed by atoms with Crippen LogP contribution in [0, 0.1) is 0 Å². The van der Waals surface area contributed by atoms with Crippen molar-refractivity contribution in [1.82, 2.24) is 0 Å². The Morgan fingerprint density at radius 3 is 1.08 bits per heavy atom. The molecule has 0 bridgehead atoms. The zero-order valence-corrected chi connectivity index (χ0v) is 24.1. The third-order valence-corrected chi connectivity index (χ3v) is 6.24. The summed E-state index contributed by atoms with van der Waals surface area (Å²) in [5, 5.41) is 17.5. The Morgan fingerprint density at radius 2 is 0.868 bits per heavy atom. The normalized spacial score (nSPS) is 12.2. The van der Waals surface area contributed by atoms with Gasteiger partial charge in [-0.3, -0.25) is 9.59 Å². The van der Waals surface area contributed by atoms with Gasteiger partial charge in [0.15, 0.2) is 0 Å². The summed E-state index contributed by atoms with van der Waals surface area (Å²) in [5.41, 5.74) is 14.8. The minimum absolute atomic E-state index is 0.320. The number of carboxylic acid groups (broad SMARTS) is 2. The zero-order valence-electron chi connectivity index (χ0n) is 21.1. The summed E-state index contributed by atoms with van der Waals surface area (Å²) in [4.78, 5) is 25.5. The third-order valence-electron chi connectivity index (χ3n) is 5.57. The van der Waals surface area contributed by atoms with E-state index in [2.05, 4.69) is 9.80 Å². The van der Waals surface area contributed by atoms with Crippen molar-refractivity contribution >= 4 is 69.7 Å². The summed E-state index contributed by atoms with van der Waals surface area (Å²) < 4.78 is 0. The second kappa shape index (κ2) is 19.2. The Morgan fingerprint density at radius 1 is 0.605 bits per heavy atom. The highest BCUT2D eigenvalue weighted by atomic mass is 35.5. The number of nitrogens with zero attached hydrogens (tertiary/aromatic N) is 2. The Balaban J connectivity index is 0.000000380. The monoisotopic (exact) mass is 608 g/mol. The van der Waals surface area contributed by atoms with E-state index >= 15 is 0 Å². The highest BCUT2D eigenvalue weighted by Crippen LogP contribution is 2.17. The van der Waals surface area contributed by atoms with Crippen molar-refractivity contribution in [3.63, 3.8) is 0 Å². The summed E-state index contributed by atoms with van der Waals surface area (Å²) in [7, 11) is 0. The molecule has 2 aromatic carbocycles. The number of carbonyl (C=O) groups is 2. The Labute approximate surface area is 244 Å². The maximum Gasteiger partial charge on any atom is 0.320 e. The van der Waals surface area contributed by atoms with Crippen molar-refractivity contribution in [3.8, 4) is 0 Å². The summed E-state index contributed by atoms with van der Waals surface area (Å²) in [6.45, 7) is 2.90. The highest BCUT2D eigenvalue weighted by molar-refractivity contribution is 6.19. The molecular formula is C26H36Cl4N4O4. The second-order valence-corrected chi connectivity index (χ2v) is 9.87. The maximum absolute atomic E-state index is 10.7. The molecule has 0 unspecified atom stereocenters. The molecule has 2 aromatic rings. The van der Waals surface area contributed by atoms with Gasteiger partial charge in [-0.1, -0.05) is 24.3 Å². The van der Waals surface area contributed by atoms with Crippen LogP contribution in [0.2, 0.25) is 0 Å². The van der Waals surface area contributed by atoms with Gasteiger partial charge in [0.25, 0.3) is 0 Å². The lowest BCUT2D eigenvalue weighted by molar-refractivity contribution is -0.139. The van der Waals surface area contributed by atoms with Gasteiger partial charge in [0.05, 0.1) is 0 Å². The number of nitrogens with two attached hydrogens (primary N) is 2. The minimum Gasteiger partial charge on any atom is -0.480 e.